The summed E-state index contributed by atoms with van der Waals surface area (Å²) in [6.07, 6.45) is 0. The van der Waals surface area contributed by atoms with Crippen molar-refractivity contribution in [3.63, 3.8) is 0 Å². The molecule has 0 saturated heterocycles. The molecule has 0 atom stereocenters. The Morgan fingerprint density at radius 1 is 1.26 bits per heavy atom. The molecule has 0 aliphatic heterocycles. The number of hydrogen-bond acceptors (Lipinski definition) is 3. The predicted octanol–water partition coefficient (Wildman–Crippen LogP) is 2.61. The number of anilines is 1. The van der Waals surface area contributed by atoms with Crippen LogP contribution in [0.25, 0.3) is 0 Å². The maximum absolute atomic E-state index is 13.1. The minimum Gasteiger partial charge on any atom is -0.455 e. The number of halogens is 1. The zero-order chi connectivity index (χ0) is 14.0. The minimum absolute atomic E-state index is 0.164. The molecule has 98 valence electrons. The first-order valence-electron chi connectivity index (χ1n) is 5.61. The largest absolute Gasteiger partial charge is 0.455 e. The lowest BCUT2D eigenvalue weighted by molar-refractivity contribution is 0.100. The van der Waals surface area contributed by atoms with Crippen molar-refractivity contribution in [2.45, 2.75) is 6.92 Å². The number of amides is 1. The first-order chi connectivity index (χ1) is 8.99. The predicted molar refractivity (Wildman–Crippen MR) is 70.6 cm³/mol. The Hall–Kier alpha value is -2.56. The fourth-order valence-electron chi connectivity index (χ4n) is 1.66. The van der Waals surface area contributed by atoms with Gasteiger partial charge in [0.1, 0.15) is 11.6 Å². The lowest BCUT2D eigenvalue weighted by Crippen LogP contribution is -2.13. The molecular formula is C14H13FN2O2. The zero-order valence-electron chi connectivity index (χ0n) is 10.3. The van der Waals surface area contributed by atoms with E-state index in [-0.39, 0.29) is 17.1 Å². The second kappa shape index (κ2) is 4.97. The SMILES string of the molecule is Cc1cc(Oc2cccc(C(N)=O)c2N)ccc1F. The van der Waals surface area contributed by atoms with Gasteiger partial charge in [-0.15, -0.1) is 0 Å². The summed E-state index contributed by atoms with van der Waals surface area (Å²) >= 11 is 0. The molecule has 2 aromatic rings. The molecule has 0 saturated carbocycles. The third kappa shape index (κ3) is 2.65. The van der Waals surface area contributed by atoms with E-state index >= 15 is 0 Å². The van der Waals surface area contributed by atoms with E-state index in [9.17, 15) is 9.18 Å². The van der Waals surface area contributed by atoms with Crippen LogP contribution in [-0.2, 0) is 0 Å². The van der Waals surface area contributed by atoms with Crippen LogP contribution >= 0.6 is 0 Å². The molecule has 19 heavy (non-hydrogen) atoms. The standard InChI is InChI=1S/C14H13FN2O2/c1-8-7-9(5-6-11(8)15)19-12-4-2-3-10(13(12)16)14(17)18/h2-7H,16H2,1H3,(H2,17,18). The van der Waals surface area contributed by atoms with Gasteiger partial charge in [-0.05, 0) is 42.8 Å². The zero-order valence-corrected chi connectivity index (χ0v) is 10.3. The Balaban J connectivity index is 2.35. The number of aryl methyl sites for hydroxylation is 1. The highest BCUT2D eigenvalue weighted by atomic mass is 19.1. The number of nitrogens with two attached hydrogens (primary N) is 2. The third-order valence-corrected chi connectivity index (χ3v) is 2.69. The second-order valence-electron chi connectivity index (χ2n) is 4.09. The van der Waals surface area contributed by atoms with E-state index in [1.54, 1.807) is 25.1 Å². The number of ether oxygens (including phenoxy) is 1. The average Bonchev–Trinajstić information content (AvgIpc) is 2.36. The summed E-state index contributed by atoms with van der Waals surface area (Å²) in [5.41, 5.74) is 11.8. The molecule has 0 unspecified atom stereocenters. The highest BCUT2D eigenvalue weighted by Gasteiger charge is 2.11. The Bertz CT molecular complexity index is 641. The van der Waals surface area contributed by atoms with E-state index in [2.05, 4.69) is 0 Å². The summed E-state index contributed by atoms with van der Waals surface area (Å²) in [6.45, 7) is 1.63. The number of carbonyl (C=O) groups excluding carboxylic acids is 1. The highest BCUT2D eigenvalue weighted by molar-refractivity contribution is 5.99. The summed E-state index contributed by atoms with van der Waals surface area (Å²) in [5, 5.41) is 0. The summed E-state index contributed by atoms with van der Waals surface area (Å²) in [5.74, 6) is -0.195. The van der Waals surface area contributed by atoms with Crippen molar-refractivity contribution in [3.8, 4) is 11.5 Å². The van der Waals surface area contributed by atoms with Gasteiger partial charge in [0.25, 0.3) is 5.91 Å². The third-order valence-electron chi connectivity index (χ3n) is 2.69. The van der Waals surface area contributed by atoms with Crippen molar-refractivity contribution in [2.75, 3.05) is 5.73 Å². The Morgan fingerprint density at radius 3 is 2.63 bits per heavy atom. The van der Waals surface area contributed by atoms with E-state index in [0.717, 1.165) is 0 Å². The van der Waals surface area contributed by atoms with Gasteiger partial charge in [-0.2, -0.15) is 0 Å². The van der Waals surface area contributed by atoms with Crippen LogP contribution in [0.5, 0.6) is 11.5 Å². The van der Waals surface area contributed by atoms with Gasteiger partial charge in [-0.3, -0.25) is 4.79 Å². The van der Waals surface area contributed by atoms with Gasteiger partial charge in [0, 0.05) is 0 Å². The van der Waals surface area contributed by atoms with Crippen molar-refractivity contribution >= 4 is 11.6 Å². The van der Waals surface area contributed by atoms with Crippen LogP contribution in [0.3, 0.4) is 0 Å². The summed E-state index contributed by atoms with van der Waals surface area (Å²) < 4.78 is 18.7. The lowest BCUT2D eigenvalue weighted by Gasteiger charge is -2.11. The number of nitrogen functional groups attached to an aromatic ring is 1. The van der Waals surface area contributed by atoms with Gasteiger partial charge < -0.3 is 16.2 Å². The molecule has 1 amide bonds. The molecular weight excluding hydrogens is 247 g/mol. The quantitative estimate of drug-likeness (QED) is 0.832. The van der Waals surface area contributed by atoms with Crippen LogP contribution < -0.4 is 16.2 Å². The fourth-order valence-corrected chi connectivity index (χ4v) is 1.66. The van der Waals surface area contributed by atoms with Gasteiger partial charge in [0.05, 0.1) is 11.3 Å². The Labute approximate surface area is 109 Å². The molecule has 0 bridgehead atoms. The Morgan fingerprint density at radius 2 is 2.00 bits per heavy atom. The number of primary amides is 1. The monoisotopic (exact) mass is 260 g/mol. The van der Waals surface area contributed by atoms with Gasteiger partial charge in [0.2, 0.25) is 0 Å². The van der Waals surface area contributed by atoms with Gasteiger partial charge in [-0.25, -0.2) is 4.39 Å². The van der Waals surface area contributed by atoms with Crippen LogP contribution in [0, 0.1) is 12.7 Å². The minimum atomic E-state index is -0.627. The van der Waals surface area contributed by atoms with E-state index in [1.165, 1.54) is 18.2 Å². The van der Waals surface area contributed by atoms with E-state index in [0.29, 0.717) is 17.1 Å². The molecule has 0 radical (unpaired) electrons. The summed E-state index contributed by atoms with van der Waals surface area (Å²) in [6, 6.07) is 9.08. The molecule has 2 rings (SSSR count). The lowest BCUT2D eigenvalue weighted by atomic mass is 10.1. The molecule has 4 N–H and O–H groups in total. The molecule has 2 aromatic carbocycles. The molecule has 4 nitrogen and oxygen atoms in total. The van der Waals surface area contributed by atoms with Crippen LogP contribution in [0.15, 0.2) is 36.4 Å². The van der Waals surface area contributed by atoms with Crippen molar-refractivity contribution < 1.29 is 13.9 Å². The van der Waals surface area contributed by atoms with E-state index in [4.69, 9.17) is 16.2 Å². The maximum atomic E-state index is 13.1. The summed E-state index contributed by atoms with van der Waals surface area (Å²) in [4.78, 5) is 11.2. The topological polar surface area (TPSA) is 78.3 Å². The van der Waals surface area contributed by atoms with Gasteiger partial charge >= 0.3 is 0 Å². The first kappa shape index (κ1) is 12.9. The van der Waals surface area contributed by atoms with Crippen LogP contribution in [0.2, 0.25) is 0 Å². The molecule has 0 aliphatic rings. The molecule has 0 aromatic heterocycles. The van der Waals surface area contributed by atoms with Crippen molar-refractivity contribution in [1.82, 2.24) is 0 Å². The van der Waals surface area contributed by atoms with Crippen LogP contribution in [0.1, 0.15) is 15.9 Å². The number of hydrogen-bond donors (Lipinski definition) is 2. The number of carbonyl (C=O) groups is 1. The van der Waals surface area contributed by atoms with Crippen LogP contribution in [0.4, 0.5) is 10.1 Å². The van der Waals surface area contributed by atoms with Crippen LogP contribution in [-0.4, -0.2) is 5.91 Å². The van der Waals surface area contributed by atoms with E-state index < -0.39 is 5.91 Å². The van der Waals surface area contributed by atoms with Crippen molar-refractivity contribution in [3.05, 3.63) is 53.3 Å². The number of benzene rings is 2. The first-order valence-corrected chi connectivity index (χ1v) is 5.61. The number of para-hydroxylation sites is 1. The maximum Gasteiger partial charge on any atom is 0.250 e. The van der Waals surface area contributed by atoms with E-state index in [1.807, 2.05) is 0 Å². The van der Waals surface area contributed by atoms with Crippen molar-refractivity contribution in [1.29, 1.82) is 0 Å². The molecule has 5 heteroatoms. The molecule has 0 heterocycles. The Kier molecular flexibility index (Phi) is 3.37. The van der Waals surface area contributed by atoms with Gasteiger partial charge in [0.15, 0.2) is 5.75 Å². The smallest absolute Gasteiger partial charge is 0.250 e. The fraction of sp³-hybridized carbons (Fsp3) is 0.0714. The molecule has 0 spiro atoms. The second-order valence-corrected chi connectivity index (χ2v) is 4.09. The number of rotatable bonds is 3. The highest BCUT2D eigenvalue weighted by Crippen LogP contribution is 2.30. The van der Waals surface area contributed by atoms with Gasteiger partial charge in [-0.1, -0.05) is 6.07 Å². The normalized spacial score (nSPS) is 10.2. The van der Waals surface area contributed by atoms with Crippen molar-refractivity contribution in [2.24, 2.45) is 5.73 Å². The molecule has 0 fully saturated rings. The molecule has 0 aliphatic carbocycles. The summed E-state index contributed by atoms with van der Waals surface area (Å²) in [7, 11) is 0. The average molecular weight is 260 g/mol.